The van der Waals surface area contributed by atoms with Gasteiger partial charge in [-0.15, -0.1) is 0 Å². The van der Waals surface area contributed by atoms with E-state index in [0.717, 1.165) is 85.9 Å². The van der Waals surface area contributed by atoms with Crippen molar-refractivity contribution in [3.8, 4) is 5.75 Å². The predicted molar refractivity (Wildman–Crippen MR) is 126 cm³/mol. The van der Waals surface area contributed by atoms with Gasteiger partial charge < -0.3 is 19.7 Å². The first kappa shape index (κ1) is 20.2. The average Bonchev–Trinajstić information content (AvgIpc) is 3.34. The van der Waals surface area contributed by atoms with E-state index < -0.39 is 0 Å². The lowest BCUT2D eigenvalue weighted by atomic mass is 9.93. The first-order chi connectivity index (χ1) is 16.3. The minimum atomic E-state index is 0.165. The van der Waals surface area contributed by atoms with Gasteiger partial charge in [-0.25, -0.2) is 14.5 Å². The number of hydrogen-bond donors (Lipinski definition) is 1. The van der Waals surface area contributed by atoms with Gasteiger partial charge in [0.05, 0.1) is 31.0 Å². The summed E-state index contributed by atoms with van der Waals surface area (Å²) in [6.45, 7) is 3.24. The average molecular weight is 446 g/mol. The Bertz CT molecular complexity index is 1250. The van der Waals surface area contributed by atoms with E-state index in [2.05, 4.69) is 42.4 Å². The molecule has 0 amide bonds. The Balaban J connectivity index is 1.14. The van der Waals surface area contributed by atoms with E-state index in [1.54, 1.807) is 23.1 Å². The highest BCUT2D eigenvalue weighted by molar-refractivity contribution is 5.85. The first-order valence-electron chi connectivity index (χ1n) is 11.6. The van der Waals surface area contributed by atoms with Crippen LogP contribution in [0.15, 0.2) is 49.1 Å². The molecule has 1 aliphatic heterocycles. The maximum Gasteiger partial charge on any atom is 0.157 e. The summed E-state index contributed by atoms with van der Waals surface area (Å²) in [6, 6.07) is 8.50. The van der Waals surface area contributed by atoms with Crippen molar-refractivity contribution in [3.05, 3.63) is 49.1 Å². The summed E-state index contributed by atoms with van der Waals surface area (Å²) in [7, 11) is 0. The molecule has 2 fully saturated rings. The molecule has 0 atom stereocenters. The van der Waals surface area contributed by atoms with E-state index in [1.165, 1.54) is 0 Å². The zero-order valence-electron chi connectivity index (χ0n) is 18.4. The zero-order chi connectivity index (χ0) is 22.0. The second-order valence-corrected chi connectivity index (χ2v) is 8.65. The number of aromatic nitrogens is 5. The third-order valence-electron chi connectivity index (χ3n) is 6.48. The molecule has 1 saturated heterocycles. The Morgan fingerprint density at radius 2 is 1.82 bits per heavy atom. The van der Waals surface area contributed by atoms with E-state index in [4.69, 9.17) is 9.47 Å². The molecule has 1 aromatic carbocycles. The SMILES string of the molecule is c1cnc2c(O[C@H]3CC[C@@H](Nc4ccn5nccc5n4)CC3)cc(N3CCOCC3)cc2n1. The Labute approximate surface area is 191 Å². The van der Waals surface area contributed by atoms with E-state index in [0.29, 0.717) is 6.04 Å². The maximum atomic E-state index is 6.53. The molecule has 0 unspecified atom stereocenters. The highest BCUT2D eigenvalue weighted by atomic mass is 16.5. The second kappa shape index (κ2) is 8.82. The fourth-order valence-electron chi connectivity index (χ4n) is 4.73. The molecule has 9 heteroatoms. The van der Waals surface area contributed by atoms with E-state index >= 15 is 0 Å². The van der Waals surface area contributed by atoms with Crippen molar-refractivity contribution in [2.24, 2.45) is 0 Å². The molecule has 1 N–H and O–H groups in total. The monoisotopic (exact) mass is 445 g/mol. The van der Waals surface area contributed by atoms with E-state index in [1.807, 2.05) is 18.3 Å². The number of rotatable bonds is 5. The number of anilines is 2. The molecule has 2 aliphatic rings. The van der Waals surface area contributed by atoms with Gasteiger partial charge in [0.2, 0.25) is 0 Å². The Hall–Kier alpha value is -3.46. The van der Waals surface area contributed by atoms with Crippen LogP contribution in [0.25, 0.3) is 16.7 Å². The largest absolute Gasteiger partial charge is 0.488 e. The molecule has 3 aromatic heterocycles. The number of fused-ring (bicyclic) bond motifs is 2. The minimum Gasteiger partial charge on any atom is -0.488 e. The Morgan fingerprint density at radius 1 is 0.970 bits per heavy atom. The summed E-state index contributed by atoms with van der Waals surface area (Å²) in [5.74, 6) is 1.72. The Kier molecular flexibility index (Phi) is 5.39. The number of nitrogens with zero attached hydrogens (tertiary/aromatic N) is 6. The third-order valence-corrected chi connectivity index (χ3v) is 6.48. The number of hydrogen-bond acceptors (Lipinski definition) is 8. The first-order valence-corrected chi connectivity index (χ1v) is 11.6. The van der Waals surface area contributed by atoms with Gasteiger partial charge in [-0.1, -0.05) is 0 Å². The van der Waals surface area contributed by atoms with Crippen LogP contribution in [-0.4, -0.2) is 63.0 Å². The van der Waals surface area contributed by atoms with Crippen LogP contribution in [-0.2, 0) is 4.74 Å². The molecule has 33 heavy (non-hydrogen) atoms. The summed E-state index contributed by atoms with van der Waals surface area (Å²) in [5.41, 5.74) is 3.67. The van der Waals surface area contributed by atoms with Crippen LogP contribution < -0.4 is 15.0 Å². The molecular formula is C24H27N7O2. The van der Waals surface area contributed by atoms with Gasteiger partial charge in [-0.2, -0.15) is 5.10 Å². The van der Waals surface area contributed by atoms with Crippen LogP contribution in [0.5, 0.6) is 5.75 Å². The van der Waals surface area contributed by atoms with Gasteiger partial charge in [-0.05, 0) is 37.8 Å². The molecule has 0 bridgehead atoms. The van der Waals surface area contributed by atoms with Gasteiger partial charge >= 0.3 is 0 Å². The van der Waals surface area contributed by atoms with Crippen molar-refractivity contribution in [2.45, 2.75) is 37.8 Å². The van der Waals surface area contributed by atoms with Gasteiger partial charge in [0, 0.05) is 55.5 Å². The molecule has 1 saturated carbocycles. The lowest BCUT2D eigenvalue weighted by Crippen LogP contribution is -2.36. The summed E-state index contributed by atoms with van der Waals surface area (Å²) < 4.78 is 13.8. The number of benzene rings is 1. The maximum absolute atomic E-state index is 6.53. The van der Waals surface area contributed by atoms with Gasteiger partial charge in [-0.3, -0.25) is 4.98 Å². The van der Waals surface area contributed by atoms with Crippen molar-refractivity contribution >= 4 is 28.2 Å². The van der Waals surface area contributed by atoms with Crippen molar-refractivity contribution < 1.29 is 9.47 Å². The molecule has 0 radical (unpaired) electrons. The third kappa shape index (κ3) is 4.28. The molecule has 9 nitrogen and oxygen atoms in total. The quantitative estimate of drug-likeness (QED) is 0.500. The summed E-state index contributed by atoms with van der Waals surface area (Å²) in [4.78, 5) is 16.1. The predicted octanol–water partition coefficient (Wildman–Crippen LogP) is 3.31. The highest BCUT2D eigenvalue weighted by Gasteiger charge is 2.24. The lowest BCUT2D eigenvalue weighted by molar-refractivity contribution is 0.122. The smallest absolute Gasteiger partial charge is 0.157 e. The van der Waals surface area contributed by atoms with Gasteiger partial charge in [0.15, 0.2) is 5.65 Å². The molecule has 6 rings (SSSR count). The van der Waals surface area contributed by atoms with Crippen molar-refractivity contribution in [1.82, 2.24) is 24.6 Å². The molecule has 170 valence electrons. The van der Waals surface area contributed by atoms with Crippen LogP contribution in [0.2, 0.25) is 0 Å². The second-order valence-electron chi connectivity index (χ2n) is 8.65. The van der Waals surface area contributed by atoms with Crippen molar-refractivity contribution in [1.29, 1.82) is 0 Å². The highest BCUT2D eigenvalue weighted by Crippen LogP contribution is 2.33. The summed E-state index contributed by atoms with van der Waals surface area (Å²) >= 11 is 0. The van der Waals surface area contributed by atoms with E-state index in [-0.39, 0.29) is 6.10 Å². The molecule has 4 heterocycles. The van der Waals surface area contributed by atoms with Crippen LogP contribution in [0.4, 0.5) is 11.5 Å². The fourth-order valence-corrected chi connectivity index (χ4v) is 4.73. The zero-order valence-corrected chi connectivity index (χ0v) is 18.4. The van der Waals surface area contributed by atoms with Crippen LogP contribution in [0.3, 0.4) is 0 Å². The normalized spacial score (nSPS) is 21.4. The van der Waals surface area contributed by atoms with Crippen molar-refractivity contribution in [3.63, 3.8) is 0 Å². The van der Waals surface area contributed by atoms with Crippen LogP contribution in [0.1, 0.15) is 25.7 Å². The molecule has 4 aromatic rings. The standard InChI is InChI=1S/C24H27N7O2/c1-3-19(4-2-17(1)28-22-6-10-31-23(29-22)5-7-27-31)33-21-16-18(30-11-13-32-14-12-30)15-20-24(21)26-9-8-25-20/h5-10,15-17,19H,1-4,11-14H2,(H,28,29)/t17-,19+. The number of ether oxygens (including phenoxy) is 2. The Morgan fingerprint density at radius 3 is 2.70 bits per heavy atom. The topological polar surface area (TPSA) is 89.7 Å². The molecule has 0 spiro atoms. The van der Waals surface area contributed by atoms with Crippen LogP contribution >= 0.6 is 0 Å². The minimum absolute atomic E-state index is 0.165. The van der Waals surface area contributed by atoms with Gasteiger partial charge in [0.25, 0.3) is 0 Å². The van der Waals surface area contributed by atoms with Crippen LogP contribution in [0, 0.1) is 0 Å². The van der Waals surface area contributed by atoms with Gasteiger partial charge in [0.1, 0.15) is 17.1 Å². The van der Waals surface area contributed by atoms with Crippen molar-refractivity contribution in [2.75, 3.05) is 36.5 Å². The number of morpholine rings is 1. The molecular weight excluding hydrogens is 418 g/mol. The lowest BCUT2D eigenvalue weighted by Gasteiger charge is -2.31. The summed E-state index contributed by atoms with van der Waals surface area (Å²) in [6.07, 6.45) is 11.4. The fraction of sp³-hybridized carbons (Fsp3) is 0.417. The number of nitrogens with one attached hydrogen (secondary N) is 1. The van der Waals surface area contributed by atoms with E-state index in [9.17, 15) is 0 Å². The molecule has 1 aliphatic carbocycles. The summed E-state index contributed by atoms with van der Waals surface area (Å²) in [5, 5.41) is 7.79.